The van der Waals surface area contributed by atoms with Gasteiger partial charge in [0.05, 0.1) is 7.11 Å². The first-order valence-electron chi connectivity index (χ1n) is 5.95. The molecular formula is C14H20O3. The van der Waals surface area contributed by atoms with Crippen LogP contribution in [0.4, 0.5) is 0 Å². The third-order valence-corrected chi connectivity index (χ3v) is 3.42. The number of methoxy groups -OCH3 is 1. The Hall–Kier alpha value is -1.38. The molecule has 0 bridgehead atoms. The molecule has 1 aliphatic heterocycles. The molecule has 0 aromatic heterocycles. The lowest BCUT2D eigenvalue weighted by atomic mass is 9.83. The van der Waals surface area contributed by atoms with Gasteiger partial charge in [0, 0.05) is 17.2 Å². The van der Waals surface area contributed by atoms with Gasteiger partial charge in [-0.3, -0.25) is 0 Å². The van der Waals surface area contributed by atoms with Gasteiger partial charge in [-0.25, -0.2) is 0 Å². The number of aromatic hydroxyl groups is 1. The minimum absolute atomic E-state index is 0.166. The van der Waals surface area contributed by atoms with Crippen LogP contribution in [-0.2, 0) is 0 Å². The summed E-state index contributed by atoms with van der Waals surface area (Å²) in [5.74, 6) is 1.92. The Balaban J connectivity index is 2.60. The van der Waals surface area contributed by atoms with Crippen LogP contribution < -0.4 is 9.47 Å². The van der Waals surface area contributed by atoms with Crippen molar-refractivity contribution in [2.75, 3.05) is 7.11 Å². The quantitative estimate of drug-likeness (QED) is 0.812. The number of hydrogen-bond donors (Lipinski definition) is 1. The first-order valence-corrected chi connectivity index (χ1v) is 5.95. The number of hydrogen-bond acceptors (Lipinski definition) is 3. The van der Waals surface area contributed by atoms with Crippen LogP contribution in [0.1, 0.15) is 44.2 Å². The van der Waals surface area contributed by atoms with Crippen molar-refractivity contribution in [3.63, 3.8) is 0 Å². The highest BCUT2D eigenvalue weighted by Gasteiger charge is 2.34. The predicted octanol–water partition coefficient (Wildman–Crippen LogP) is 3.37. The van der Waals surface area contributed by atoms with Gasteiger partial charge in [0.25, 0.3) is 0 Å². The maximum absolute atomic E-state index is 10.0. The maximum atomic E-state index is 10.0. The second-order valence-electron chi connectivity index (χ2n) is 5.43. The smallest absolute Gasteiger partial charge is 0.164 e. The van der Waals surface area contributed by atoms with E-state index in [4.69, 9.17) is 9.47 Å². The number of phenolic OH excluding ortho intramolecular Hbond substituents is 1. The molecule has 1 unspecified atom stereocenters. The van der Waals surface area contributed by atoms with E-state index in [0.29, 0.717) is 11.7 Å². The second kappa shape index (κ2) is 3.83. The molecule has 1 aliphatic rings. The molecule has 0 fully saturated rings. The van der Waals surface area contributed by atoms with E-state index >= 15 is 0 Å². The first kappa shape index (κ1) is 12.1. The molecule has 0 amide bonds. The highest BCUT2D eigenvalue weighted by atomic mass is 16.5. The number of phenols is 1. The van der Waals surface area contributed by atoms with Crippen molar-refractivity contribution >= 4 is 0 Å². The Bertz CT molecular complexity index is 449. The zero-order chi connectivity index (χ0) is 12.8. The minimum Gasteiger partial charge on any atom is -0.504 e. The van der Waals surface area contributed by atoms with Gasteiger partial charge in [-0.15, -0.1) is 0 Å². The summed E-state index contributed by atoms with van der Waals surface area (Å²) in [4.78, 5) is 0. The average molecular weight is 236 g/mol. The lowest BCUT2D eigenvalue weighted by Crippen LogP contribution is -2.34. The summed E-state index contributed by atoms with van der Waals surface area (Å²) in [5, 5.41) is 10.0. The predicted molar refractivity (Wildman–Crippen MR) is 67.1 cm³/mol. The highest BCUT2D eigenvalue weighted by Crippen LogP contribution is 2.47. The molecule has 0 aliphatic carbocycles. The van der Waals surface area contributed by atoms with E-state index in [1.54, 1.807) is 13.2 Å². The summed E-state index contributed by atoms with van der Waals surface area (Å²) in [6.45, 7) is 8.25. The molecule has 0 spiro atoms. The van der Waals surface area contributed by atoms with Crippen LogP contribution in [0.5, 0.6) is 17.2 Å². The summed E-state index contributed by atoms with van der Waals surface area (Å²) in [6.07, 6.45) is 0.951. The van der Waals surface area contributed by atoms with Crippen molar-refractivity contribution in [3.8, 4) is 17.2 Å². The van der Waals surface area contributed by atoms with Crippen molar-refractivity contribution in [2.24, 2.45) is 0 Å². The van der Waals surface area contributed by atoms with E-state index < -0.39 is 0 Å². The van der Waals surface area contributed by atoms with Gasteiger partial charge in [0.15, 0.2) is 11.5 Å². The Morgan fingerprint density at radius 3 is 2.71 bits per heavy atom. The summed E-state index contributed by atoms with van der Waals surface area (Å²) in [6, 6.07) is 1.79. The highest BCUT2D eigenvalue weighted by molar-refractivity contribution is 5.58. The van der Waals surface area contributed by atoms with Crippen molar-refractivity contribution in [1.29, 1.82) is 0 Å². The summed E-state index contributed by atoms with van der Waals surface area (Å²) >= 11 is 0. The topological polar surface area (TPSA) is 38.7 Å². The molecule has 17 heavy (non-hydrogen) atoms. The first-order chi connectivity index (χ1) is 7.85. The van der Waals surface area contributed by atoms with Crippen LogP contribution in [0.3, 0.4) is 0 Å². The van der Waals surface area contributed by atoms with Gasteiger partial charge in [0.1, 0.15) is 11.4 Å². The molecule has 1 aromatic rings. The van der Waals surface area contributed by atoms with Gasteiger partial charge in [-0.1, -0.05) is 6.92 Å². The monoisotopic (exact) mass is 236 g/mol. The molecule has 0 radical (unpaired) electrons. The molecule has 1 N–H and O–H groups in total. The van der Waals surface area contributed by atoms with E-state index in [2.05, 4.69) is 20.8 Å². The van der Waals surface area contributed by atoms with Crippen LogP contribution in [0.15, 0.2) is 6.07 Å². The van der Waals surface area contributed by atoms with Crippen LogP contribution >= 0.6 is 0 Å². The number of ether oxygens (including phenoxy) is 2. The fourth-order valence-electron chi connectivity index (χ4n) is 2.79. The molecule has 3 nitrogen and oxygen atoms in total. The molecule has 1 heterocycles. The third-order valence-electron chi connectivity index (χ3n) is 3.42. The summed E-state index contributed by atoms with van der Waals surface area (Å²) < 4.78 is 11.1. The standard InChI is InChI=1S/C14H20O3/c1-8-7-14(3,4)17-10-6-11(16-5)13(15)9(2)12(8)10/h6,8,15H,7H2,1-5H3. The van der Waals surface area contributed by atoms with Crippen molar-refractivity contribution < 1.29 is 14.6 Å². The van der Waals surface area contributed by atoms with Crippen molar-refractivity contribution in [1.82, 2.24) is 0 Å². The molecule has 0 saturated heterocycles. The molecule has 2 rings (SSSR count). The lowest BCUT2D eigenvalue weighted by Gasteiger charge is -2.37. The van der Waals surface area contributed by atoms with Crippen molar-refractivity contribution in [2.45, 2.75) is 45.6 Å². The zero-order valence-corrected chi connectivity index (χ0v) is 11.1. The fourth-order valence-corrected chi connectivity index (χ4v) is 2.79. The largest absolute Gasteiger partial charge is 0.504 e. The fraction of sp³-hybridized carbons (Fsp3) is 0.571. The average Bonchev–Trinajstić information content (AvgIpc) is 2.20. The van der Waals surface area contributed by atoms with Gasteiger partial charge >= 0.3 is 0 Å². The van der Waals surface area contributed by atoms with E-state index in [0.717, 1.165) is 23.3 Å². The maximum Gasteiger partial charge on any atom is 0.164 e. The number of fused-ring (bicyclic) bond motifs is 1. The number of rotatable bonds is 1. The summed E-state index contributed by atoms with van der Waals surface area (Å²) in [5.41, 5.74) is 1.80. The number of benzene rings is 1. The molecule has 0 saturated carbocycles. The van der Waals surface area contributed by atoms with Crippen LogP contribution in [0, 0.1) is 6.92 Å². The Labute approximate surface area is 102 Å². The van der Waals surface area contributed by atoms with E-state index in [9.17, 15) is 5.11 Å². The third kappa shape index (κ3) is 1.94. The van der Waals surface area contributed by atoms with E-state index in [1.165, 1.54) is 0 Å². The van der Waals surface area contributed by atoms with Crippen LogP contribution in [0.2, 0.25) is 0 Å². The molecule has 3 heteroatoms. The zero-order valence-electron chi connectivity index (χ0n) is 11.1. The van der Waals surface area contributed by atoms with Crippen LogP contribution in [0.25, 0.3) is 0 Å². The van der Waals surface area contributed by atoms with Crippen molar-refractivity contribution in [3.05, 3.63) is 17.2 Å². The molecule has 1 atom stereocenters. The minimum atomic E-state index is -0.166. The normalized spacial score (nSPS) is 21.6. The van der Waals surface area contributed by atoms with Gasteiger partial charge in [-0.2, -0.15) is 0 Å². The lowest BCUT2D eigenvalue weighted by molar-refractivity contribution is 0.0737. The Kier molecular flexibility index (Phi) is 2.72. The van der Waals surface area contributed by atoms with E-state index in [1.807, 2.05) is 6.92 Å². The SMILES string of the molecule is COc1cc2c(c(C)c1O)C(C)CC(C)(C)O2. The molecular weight excluding hydrogens is 216 g/mol. The van der Waals surface area contributed by atoms with Gasteiger partial charge in [0.2, 0.25) is 0 Å². The van der Waals surface area contributed by atoms with Gasteiger partial charge in [-0.05, 0) is 33.1 Å². The molecule has 94 valence electrons. The van der Waals surface area contributed by atoms with Gasteiger partial charge < -0.3 is 14.6 Å². The summed E-state index contributed by atoms with van der Waals surface area (Å²) in [7, 11) is 1.55. The Morgan fingerprint density at radius 1 is 1.47 bits per heavy atom. The van der Waals surface area contributed by atoms with Crippen LogP contribution in [-0.4, -0.2) is 17.8 Å². The van der Waals surface area contributed by atoms with E-state index in [-0.39, 0.29) is 11.4 Å². The second-order valence-corrected chi connectivity index (χ2v) is 5.43. The molecule has 1 aromatic carbocycles. The Morgan fingerprint density at radius 2 is 2.12 bits per heavy atom.